The first-order chi connectivity index (χ1) is 13.0. The van der Waals surface area contributed by atoms with Gasteiger partial charge in [-0.2, -0.15) is 0 Å². The van der Waals surface area contributed by atoms with Crippen molar-refractivity contribution < 1.29 is 23.9 Å². The average molecular weight is 370 g/mol. The first-order valence-electron chi connectivity index (χ1n) is 8.43. The number of hydrogen-bond donors (Lipinski definition) is 2. The first-order valence-corrected chi connectivity index (χ1v) is 8.43. The number of urea groups is 1. The van der Waals surface area contributed by atoms with E-state index in [9.17, 15) is 14.4 Å². The maximum atomic E-state index is 12.3. The molecule has 0 aromatic heterocycles. The highest BCUT2D eigenvalue weighted by Gasteiger charge is 2.26. The molecule has 1 atom stereocenters. The van der Waals surface area contributed by atoms with E-state index in [1.807, 2.05) is 24.3 Å². The number of imide groups is 1. The highest BCUT2D eigenvalue weighted by Crippen LogP contribution is 2.19. The van der Waals surface area contributed by atoms with E-state index in [1.165, 1.54) is 7.05 Å². The smallest absolute Gasteiger partial charge is 0.321 e. The first kappa shape index (κ1) is 20.0. The van der Waals surface area contributed by atoms with Crippen molar-refractivity contribution in [2.75, 3.05) is 14.2 Å². The predicted octanol–water partition coefficient (Wildman–Crippen LogP) is 2.37. The van der Waals surface area contributed by atoms with Crippen molar-refractivity contribution >= 4 is 17.9 Å². The number of carbonyl (C=O) groups is 3. The number of methoxy groups -OCH3 is 1. The number of esters is 1. The van der Waals surface area contributed by atoms with Crippen LogP contribution in [-0.4, -0.2) is 32.1 Å². The number of amides is 3. The molecule has 7 nitrogen and oxygen atoms in total. The molecule has 142 valence electrons. The molecule has 0 bridgehead atoms. The van der Waals surface area contributed by atoms with E-state index in [2.05, 4.69) is 10.6 Å². The van der Waals surface area contributed by atoms with Crippen molar-refractivity contribution in [3.63, 3.8) is 0 Å². The predicted molar refractivity (Wildman–Crippen MR) is 99.2 cm³/mol. The van der Waals surface area contributed by atoms with Crippen LogP contribution in [0.3, 0.4) is 0 Å². The fourth-order valence-electron chi connectivity index (χ4n) is 2.37. The molecule has 2 aromatic rings. The third-order valence-corrected chi connectivity index (χ3v) is 3.83. The maximum Gasteiger partial charge on any atom is 0.321 e. The summed E-state index contributed by atoms with van der Waals surface area (Å²) in [6.07, 6.45) is -0.642. The second-order valence-electron chi connectivity index (χ2n) is 5.70. The molecule has 0 aliphatic carbocycles. The monoisotopic (exact) mass is 370 g/mol. The Labute approximate surface area is 157 Å². The average Bonchev–Trinajstić information content (AvgIpc) is 2.71. The maximum absolute atomic E-state index is 12.3. The van der Waals surface area contributed by atoms with Crippen molar-refractivity contribution in [2.24, 2.45) is 0 Å². The summed E-state index contributed by atoms with van der Waals surface area (Å²) in [5.41, 5.74) is 1.43. The van der Waals surface area contributed by atoms with Crippen molar-refractivity contribution in [1.82, 2.24) is 10.6 Å². The van der Waals surface area contributed by atoms with Crippen LogP contribution in [-0.2, 0) is 20.7 Å². The molecule has 0 spiro atoms. The Kier molecular flexibility index (Phi) is 7.37. The summed E-state index contributed by atoms with van der Waals surface area (Å²) < 4.78 is 10.4. The SMILES string of the molecule is CNC(=O)NC(=O)[C@H](OC(=O)CCc1ccc(OC)cc1)c1ccccc1. The van der Waals surface area contributed by atoms with Crippen molar-refractivity contribution in [1.29, 1.82) is 0 Å². The molecule has 2 N–H and O–H groups in total. The van der Waals surface area contributed by atoms with Crippen LogP contribution in [0, 0.1) is 0 Å². The summed E-state index contributed by atoms with van der Waals surface area (Å²) in [6.45, 7) is 0. The lowest BCUT2D eigenvalue weighted by molar-refractivity contribution is -0.156. The molecule has 2 aromatic carbocycles. The van der Waals surface area contributed by atoms with Gasteiger partial charge in [-0.3, -0.25) is 14.9 Å². The Bertz CT molecular complexity index is 775. The Morgan fingerprint density at radius 2 is 1.67 bits per heavy atom. The van der Waals surface area contributed by atoms with Gasteiger partial charge in [-0.25, -0.2) is 4.79 Å². The molecule has 0 saturated carbocycles. The molecule has 0 aliphatic heterocycles. The third kappa shape index (κ3) is 6.14. The van der Waals surface area contributed by atoms with Gasteiger partial charge in [0.05, 0.1) is 7.11 Å². The molecular formula is C20H22N2O5. The van der Waals surface area contributed by atoms with E-state index >= 15 is 0 Å². The number of rotatable bonds is 7. The number of hydrogen-bond acceptors (Lipinski definition) is 5. The Morgan fingerprint density at radius 3 is 2.26 bits per heavy atom. The fourth-order valence-corrected chi connectivity index (χ4v) is 2.37. The zero-order valence-corrected chi connectivity index (χ0v) is 15.2. The molecule has 0 aliphatic rings. The van der Waals surface area contributed by atoms with Gasteiger partial charge >= 0.3 is 12.0 Å². The summed E-state index contributed by atoms with van der Waals surface area (Å²) >= 11 is 0. The lowest BCUT2D eigenvalue weighted by atomic mass is 10.1. The van der Waals surface area contributed by atoms with Crippen LogP contribution in [0.25, 0.3) is 0 Å². The van der Waals surface area contributed by atoms with E-state index < -0.39 is 24.0 Å². The summed E-state index contributed by atoms with van der Waals surface area (Å²) in [4.78, 5) is 36.0. The highest BCUT2D eigenvalue weighted by molar-refractivity contribution is 5.97. The molecule has 0 radical (unpaired) electrons. The minimum absolute atomic E-state index is 0.100. The summed E-state index contributed by atoms with van der Waals surface area (Å²) in [5, 5.41) is 4.43. The van der Waals surface area contributed by atoms with Gasteiger partial charge in [0, 0.05) is 19.0 Å². The van der Waals surface area contributed by atoms with Gasteiger partial charge in [0.1, 0.15) is 5.75 Å². The molecule has 2 rings (SSSR count). The van der Waals surface area contributed by atoms with Crippen LogP contribution < -0.4 is 15.4 Å². The third-order valence-electron chi connectivity index (χ3n) is 3.83. The molecule has 0 heterocycles. The Balaban J connectivity index is 2.01. The minimum atomic E-state index is -1.20. The number of carbonyl (C=O) groups excluding carboxylic acids is 3. The van der Waals surface area contributed by atoms with Crippen LogP contribution in [0.15, 0.2) is 54.6 Å². The zero-order chi connectivity index (χ0) is 19.6. The van der Waals surface area contributed by atoms with Crippen LogP contribution in [0.2, 0.25) is 0 Å². The van der Waals surface area contributed by atoms with Crippen LogP contribution in [0.4, 0.5) is 4.79 Å². The van der Waals surface area contributed by atoms with Crippen molar-refractivity contribution in [2.45, 2.75) is 18.9 Å². The van der Waals surface area contributed by atoms with Crippen molar-refractivity contribution in [3.8, 4) is 5.75 Å². The van der Waals surface area contributed by atoms with E-state index in [0.29, 0.717) is 12.0 Å². The summed E-state index contributed by atoms with van der Waals surface area (Å²) in [5.74, 6) is -0.513. The van der Waals surface area contributed by atoms with Crippen LogP contribution >= 0.6 is 0 Å². The van der Waals surface area contributed by atoms with Crippen molar-refractivity contribution in [3.05, 3.63) is 65.7 Å². The van der Waals surface area contributed by atoms with Gasteiger partial charge in [-0.05, 0) is 24.1 Å². The fraction of sp³-hybridized carbons (Fsp3) is 0.250. The molecule has 27 heavy (non-hydrogen) atoms. The van der Waals surface area contributed by atoms with Gasteiger partial charge in [0.2, 0.25) is 6.10 Å². The number of aryl methyl sites for hydroxylation is 1. The van der Waals surface area contributed by atoms with Gasteiger partial charge in [-0.15, -0.1) is 0 Å². The van der Waals surface area contributed by atoms with E-state index in [0.717, 1.165) is 11.3 Å². The second kappa shape index (κ2) is 9.96. The normalized spacial score (nSPS) is 11.2. The number of benzene rings is 2. The van der Waals surface area contributed by atoms with Crippen LogP contribution in [0.5, 0.6) is 5.75 Å². The Morgan fingerprint density at radius 1 is 1.00 bits per heavy atom. The van der Waals surface area contributed by atoms with Gasteiger partial charge in [0.25, 0.3) is 5.91 Å². The Hall–Kier alpha value is -3.35. The molecule has 0 unspecified atom stereocenters. The van der Waals surface area contributed by atoms with Gasteiger partial charge < -0.3 is 14.8 Å². The standard InChI is InChI=1S/C20H22N2O5/c1-21-20(25)22-19(24)18(15-6-4-3-5-7-15)27-17(23)13-10-14-8-11-16(26-2)12-9-14/h3-9,11-12,18H,10,13H2,1-2H3,(H2,21,22,24,25)/t18-/m1/s1. The summed E-state index contributed by atoms with van der Waals surface area (Å²) in [7, 11) is 2.97. The largest absolute Gasteiger partial charge is 0.497 e. The summed E-state index contributed by atoms with van der Waals surface area (Å²) in [6, 6.07) is 15.2. The van der Waals surface area contributed by atoms with Gasteiger partial charge in [-0.1, -0.05) is 42.5 Å². The number of nitrogens with one attached hydrogen (secondary N) is 2. The van der Waals surface area contributed by atoms with E-state index in [1.54, 1.807) is 37.4 Å². The van der Waals surface area contributed by atoms with E-state index in [4.69, 9.17) is 9.47 Å². The molecular weight excluding hydrogens is 348 g/mol. The lowest BCUT2D eigenvalue weighted by Gasteiger charge is -2.17. The van der Waals surface area contributed by atoms with Gasteiger partial charge in [0.15, 0.2) is 0 Å². The molecule has 0 saturated heterocycles. The number of ether oxygens (including phenoxy) is 2. The minimum Gasteiger partial charge on any atom is -0.497 e. The lowest BCUT2D eigenvalue weighted by Crippen LogP contribution is -2.41. The zero-order valence-electron chi connectivity index (χ0n) is 15.2. The van der Waals surface area contributed by atoms with Crippen LogP contribution in [0.1, 0.15) is 23.7 Å². The quantitative estimate of drug-likeness (QED) is 0.730. The topological polar surface area (TPSA) is 93.7 Å². The molecule has 7 heteroatoms. The molecule has 0 fully saturated rings. The molecule has 3 amide bonds. The van der Waals surface area contributed by atoms with E-state index in [-0.39, 0.29) is 6.42 Å². The highest BCUT2D eigenvalue weighted by atomic mass is 16.5. The second-order valence-corrected chi connectivity index (χ2v) is 5.70.